The minimum Gasteiger partial charge on any atom is -0.458 e. The second kappa shape index (κ2) is 9.04. The maximum Gasteiger partial charge on any atom is 0.230 e. The Morgan fingerprint density at radius 2 is 2.21 bits per heavy atom. The van der Waals surface area contributed by atoms with Crippen LogP contribution in [0.3, 0.4) is 0 Å². The van der Waals surface area contributed by atoms with Crippen LogP contribution in [0, 0.1) is 0 Å². The van der Waals surface area contributed by atoms with Crippen molar-refractivity contribution < 1.29 is 17.9 Å². The molecule has 5 rings (SSSR count). The zero-order valence-electron chi connectivity index (χ0n) is 18.7. The molecule has 1 aromatic rings. The highest BCUT2D eigenvalue weighted by atomic mass is 32.2. The van der Waals surface area contributed by atoms with E-state index >= 15 is 0 Å². The zero-order chi connectivity index (χ0) is 23.9. The highest BCUT2D eigenvalue weighted by molar-refractivity contribution is 8.03. The molecule has 1 fully saturated rings. The van der Waals surface area contributed by atoms with E-state index in [0.29, 0.717) is 30.1 Å². The summed E-state index contributed by atoms with van der Waals surface area (Å²) < 4.78 is 34.8. The summed E-state index contributed by atoms with van der Waals surface area (Å²) in [5, 5.41) is 16.0. The molecule has 0 aromatic carbocycles. The maximum absolute atomic E-state index is 11.8. The van der Waals surface area contributed by atoms with E-state index < -0.39 is 10.0 Å². The van der Waals surface area contributed by atoms with Crippen molar-refractivity contribution in [3.05, 3.63) is 63.6 Å². The number of hydrogen-bond donors (Lipinski definition) is 4. The van der Waals surface area contributed by atoms with Crippen molar-refractivity contribution >= 4 is 27.6 Å². The molecule has 2 unspecified atom stereocenters. The van der Waals surface area contributed by atoms with E-state index in [2.05, 4.69) is 27.4 Å². The molecule has 182 valence electrons. The first-order valence-electron chi connectivity index (χ1n) is 11.0. The van der Waals surface area contributed by atoms with E-state index in [1.165, 1.54) is 0 Å². The molecule has 1 saturated heterocycles. The summed E-state index contributed by atoms with van der Waals surface area (Å²) in [6, 6.07) is 1.94. The Bertz CT molecular complexity index is 1230. The van der Waals surface area contributed by atoms with E-state index in [-0.39, 0.29) is 30.5 Å². The van der Waals surface area contributed by atoms with Crippen LogP contribution in [0.5, 0.6) is 0 Å². The summed E-state index contributed by atoms with van der Waals surface area (Å²) >= 11 is 1.56. The van der Waals surface area contributed by atoms with Crippen molar-refractivity contribution in [2.24, 2.45) is 15.9 Å². The van der Waals surface area contributed by atoms with Gasteiger partial charge < -0.3 is 25.4 Å². The zero-order valence-corrected chi connectivity index (χ0v) is 20.3. The molecule has 0 saturated carbocycles. The number of H-pyrrole nitrogens is 1. The maximum atomic E-state index is 11.8. The van der Waals surface area contributed by atoms with E-state index in [9.17, 15) is 8.42 Å². The topological polar surface area (TPSA) is 161 Å². The highest BCUT2D eigenvalue weighted by Crippen LogP contribution is 2.46. The molecular weight excluding hydrogens is 478 g/mol. The summed E-state index contributed by atoms with van der Waals surface area (Å²) in [6.07, 6.45) is 7.59. The number of hydrogen-bond acceptors (Lipinski definition) is 10. The molecule has 0 spiro atoms. The second-order valence-corrected chi connectivity index (χ2v) is 11.2. The summed E-state index contributed by atoms with van der Waals surface area (Å²) in [5.74, 6) is 1.93. The lowest BCUT2D eigenvalue weighted by atomic mass is 9.95. The Labute approximate surface area is 202 Å². The SMILES string of the molecule is CCC1=CN=C2C(=C(N)C1)NC(SC1=CC3=C(CC1c1ccn[nH]1)OCO3)N2CCS(N)(=O)=O. The third-order valence-corrected chi connectivity index (χ3v) is 8.12. The predicted octanol–water partition coefficient (Wildman–Crippen LogP) is 1.47. The van der Waals surface area contributed by atoms with Crippen molar-refractivity contribution in [2.75, 3.05) is 19.1 Å². The van der Waals surface area contributed by atoms with Crippen molar-refractivity contribution in [2.45, 2.75) is 37.6 Å². The molecule has 2 atom stereocenters. The lowest BCUT2D eigenvalue weighted by Gasteiger charge is -2.29. The minimum absolute atomic E-state index is 0.0138. The van der Waals surface area contributed by atoms with E-state index in [4.69, 9.17) is 20.3 Å². The van der Waals surface area contributed by atoms with Crippen LogP contribution in [0.4, 0.5) is 0 Å². The molecule has 11 nitrogen and oxygen atoms in total. The smallest absolute Gasteiger partial charge is 0.230 e. The van der Waals surface area contributed by atoms with Gasteiger partial charge in [-0.15, -0.1) is 0 Å². The molecule has 0 amide bonds. The van der Waals surface area contributed by atoms with Gasteiger partial charge in [0.25, 0.3) is 0 Å². The van der Waals surface area contributed by atoms with Crippen molar-refractivity contribution in [1.29, 1.82) is 0 Å². The number of ether oxygens (including phenoxy) is 2. The van der Waals surface area contributed by atoms with Gasteiger partial charge >= 0.3 is 0 Å². The summed E-state index contributed by atoms with van der Waals surface area (Å²) in [5.41, 5.74) is 9.56. The third-order valence-electron chi connectivity index (χ3n) is 6.10. The molecule has 4 aliphatic rings. The molecule has 0 radical (unpaired) electrons. The first-order valence-corrected chi connectivity index (χ1v) is 13.6. The van der Waals surface area contributed by atoms with Crippen LogP contribution in [-0.4, -0.2) is 53.9 Å². The monoisotopic (exact) mass is 505 g/mol. The van der Waals surface area contributed by atoms with Crippen LogP contribution < -0.4 is 16.2 Å². The second-order valence-electron chi connectivity index (χ2n) is 8.35. The molecule has 4 heterocycles. The van der Waals surface area contributed by atoms with E-state index in [0.717, 1.165) is 34.0 Å². The molecule has 1 aromatic heterocycles. The van der Waals surface area contributed by atoms with E-state index in [1.807, 2.05) is 23.2 Å². The van der Waals surface area contributed by atoms with Gasteiger partial charge in [-0.3, -0.25) is 5.10 Å². The first kappa shape index (κ1) is 22.9. The van der Waals surface area contributed by atoms with Gasteiger partial charge in [-0.1, -0.05) is 18.7 Å². The molecule has 1 aliphatic carbocycles. The standard InChI is InChI=1S/C21H27N7O4S2/c1-2-12-7-14(22)19-20(24-10-12)28(5-6-34(23,29)30)21(26-19)33-18-9-17-16(31-11-32-17)8-13(18)15-3-4-25-27-15/h3-4,9-10,13,21,26H,2,5-8,11,22H2,1H3,(H,25,27)(H2,23,29,30). The number of nitrogens with one attached hydrogen (secondary N) is 2. The quantitative estimate of drug-likeness (QED) is 0.430. The Morgan fingerprint density at radius 1 is 1.35 bits per heavy atom. The van der Waals surface area contributed by atoms with Crippen molar-refractivity contribution in [1.82, 2.24) is 20.4 Å². The number of fused-ring (bicyclic) bond motifs is 1. The average molecular weight is 506 g/mol. The van der Waals surface area contributed by atoms with Crippen LogP contribution in [0.1, 0.15) is 37.8 Å². The number of sulfonamides is 1. The number of aromatic nitrogens is 2. The van der Waals surface area contributed by atoms with Crippen molar-refractivity contribution in [3.8, 4) is 0 Å². The minimum atomic E-state index is -3.67. The van der Waals surface area contributed by atoms with Gasteiger partial charge in [-0.25, -0.2) is 18.5 Å². The average Bonchev–Trinajstić information content (AvgIpc) is 3.52. The summed E-state index contributed by atoms with van der Waals surface area (Å²) in [6.45, 7) is 2.42. The third kappa shape index (κ3) is 4.55. The lowest BCUT2D eigenvalue weighted by molar-refractivity contribution is 0.0725. The van der Waals surface area contributed by atoms with Gasteiger partial charge in [0.1, 0.15) is 5.76 Å². The lowest BCUT2D eigenvalue weighted by Crippen LogP contribution is -2.39. The van der Waals surface area contributed by atoms with Crippen LogP contribution in [0.2, 0.25) is 0 Å². The molecule has 13 heteroatoms. The Morgan fingerprint density at radius 3 is 2.94 bits per heavy atom. The fraction of sp³-hybridized carbons (Fsp3) is 0.429. The molecule has 0 bridgehead atoms. The van der Waals surface area contributed by atoms with Crippen molar-refractivity contribution in [3.63, 3.8) is 0 Å². The molecule has 6 N–H and O–H groups in total. The van der Waals surface area contributed by atoms with Gasteiger partial charge in [0.2, 0.25) is 16.8 Å². The van der Waals surface area contributed by atoms with Gasteiger partial charge in [-0.05, 0) is 24.1 Å². The van der Waals surface area contributed by atoms with Gasteiger partial charge in [-0.2, -0.15) is 5.10 Å². The van der Waals surface area contributed by atoms with Gasteiger partial charge in [0.05, 0.1) is 11.4 Å². The van der Waals surface area contributed by atoms with Gasteiger partial charge in [0, 0.05) is 54.0 Å². The predicted molar refractivity (Wildman–Crippen MR) is 129 cm³/mol. The normalized spacial score (nSPS) is 24.4. The highest BCUT2D eigenvalue weighted by Gasteiger charge is 2.39. The number of nitrogens with two attached hydrogens (primary N) is 2. The Balaban J connectivity index is 1.49. The number of aromatic amines is 1. The largest absolute Gasteiger partial charge is 0.458 e. The van der Waals surface area contributed by atoms with Gasteiger partial charge in [0.15, 0.2) is 17.1 Å². The summed E-state index contributed by atoms with van der Waals surface area (Å²) in [4.78, 5) is 7.61. The number of rotatable bonds is 7. The van der Waals surface area contributed by atoms with Crippen LogP contribution in [-0.2, 0) is 19.5 Å². The van der Waals surface area contributed by atoms with Crippen LogP contribution in [0.15, 0.2) is 62.9 Å². The fourth-order valence-corrected chi connectivity index (χ4v) is 6.03. The van der Waals surface area contributed by atoms with E-state index in [1.54, 1.807) is 18.0 Å². The molecular formula is C21H27N7O4S2. The summed E-state index contributed by atoms with van der Waals surface area (Å²) in [7, 11) is -3.67. The number of thioether (sulfide) groups is 1. The number of nitrogens with zero attached hydrogens (tertiary/aromatic N) is 3. The molecule has 3 aliphatic heterocycles. The number of primary sulfonamides is 1. The number of allylic oxidation sites excluding steroid dienone is 4. The number of amidine groups is 1. The first-order chi connectivity index (χ1) is 16.3. The Kier molecular flexibility index (Phi) is 6.08. The number of aliphatic imine (C=N–C) groups is 1. The van der Waals surface area contributed by atoms with Crippen LogP contribution >= 0.6 is 11.8 Å². The van der Waals surface area contributed by atoms with Crippen LogP contribution in [0.25, 0.3) is 0 Å². The fourth-order valence-electron chi connectivity index (χ4n) is 4.27. The molecule has 34 heavy (non-hydrogen) atoms. The Hall–Kier alpha value is -2.90.